The van der Waals surface area contributed by atoms with Crippen molar-refractivity contribution in [2.24, 2.45) is 0 Å². The second-order valence-corrected chi connectivity index (χ2v) is 9.42. The number of ether oxygens (including phenoxy) is 1. The number of hydrogen-bond donors (Lipinski definition) is 2. The summed E-state index contributed by atoms with van der Waals surface area (Å²) in [6.45, 7) is 3.55. The second-order valence-electron chi connectivity index (χ2n) is 7.10. The largest absolute Gasteiger partial charge is 0.497 e. The zero-order valence-electron chi connectivity index (χ0n) is 16.8. The van der Waals surface area contributed by atoms with Crippen molar-refractivity contribution in [3.05, 3.63) is 53.6 Å². The van der Waals surface area contributed by atoms with E-state index in [0.29, 0.717) is 35.3 Å². The van der Waals surface area contributed by atoms with Gasteiger partial charge in [-0.15, -0.1) is 0 Å². The van der Waals surface area contributed by atoms with Gasteiger partial charge in [0.05, 0.1) is 12.0 Å². The van der Waals surface area contributed by atoms with Gasteiger partial charge in [0.2, 0.25) is 10.0 Å². The van der Waals surface area contributed by atoms with E-state index in [9.17, 15) is 8.42 Å². The third-order valence-corrected chi connectivity index (χ3v) is 7.28. The number of rotatable bonds is 6. The number of anilines is 1. The van der Waals surface area contributed by atoms with Crippen LogP contribution in [0.4, 0.5) is 5.69 Å². The molecule has 2 N–H and O–H groups in total. The monoisotopic (exact) mass is 433 g/mol. The Balaban J connectivity index is 1.66. The molecule has 0 aromatic heterocycles. The van der Waals surface area contributed by atoms with E-state index in [1.54, 1.807) is 17.5 Å². The van der Waals surface area contributed by atoms with Crippen LogP contribution in [0.15, 0.2) is 47.4 Å². The Hall–Kier alpha value is -2.16. The summed E-state index contributed by atoms with van der Waals surface area (Å²) in [5.41, 5.74) is 2.45. The molecule has 156 valence electrons. The van der Waals surface area contributed by atoms with Gasteiger partial charge in [0.15, 0.2) is 5.11 Å². The molecule has 29 heavy (non-hydrogen) atoms. The molecule has 3 rings (SSSR count). The summed E-state index contributed by atoms with van der Waals surface area (Å²) in [5.74, 6) is 0.802. The summed E-state index contributed by atoms with van der Waals surface area (Å²) in [5, 5.41) is 6.67. The van der Waals surface area contributed by atoms with Gasteiger partial charge in [-0.3, -0.25) is 0 Å². The average molecular weight is 434 g/mol. The Morgan fingerprint density at radius 1 is 1.10 bits per heavy atom. The normalized spacial score (nSPS) is 15.0. The lowest BCUT2D eigenvalue weighted by molar-refractivity contribution is 0.346. The highest BCUT2D eigenvalue weighted by Crippen LogP contribution is 2.26. The molecule has 2 aromatic carbocycles. The molecule has 0 unspecified atom stereocenters. The van der Waals surface area contributed by atoms with Crippen LogP contribution in [0.5, 0.6) is 5.75 Å². The molecular weight excluding hydrogens is 406 g/mol. The van der Waals surface area contributed by atoms with Crippen LogP contribution in [0.25, 0.3) is 0 Å². The minimum absolute atomic E-state index is 0.336. The first-order chi connectivity index (χ1) is 13.9. The lowest BCUT2D eigenvalue weighted by Gasteiger charge is -2.26. The fourth-order valence-corrected chi connectivity index (χ4v) is 5.26. The molecule has 0 saturated carbocycles. The average Bonchev–Trinajstić information content (AvgIpc) is 2.74. The fraction of sp³-hybridized carbons (Fsp3) is 0.381. The first kappa shape index (κ1) is 21.5. The van der Waals surface area contributed by atoms with Crippen molar-refractivity contribution >= 4 is 33.0 Å². The summed E-state index contributed by atoms with van der Waals surface area (Å²) in [6.07, 6.45) is 2.91. The van der Waals surface area contributed by atoms with Gasteiger partial charge in [-0.05, 0) is 67.4 Å². The molecule has 0 aliphatic carbocycles. The van der Waals surface area contributed by atoms with Gasteiger partial charge < -0.3 is 15.4 Å². The zero-order valence-corrected chi connectivity index (χ0v) is 18.4. The van der Waals surface area contributed by atoms with Crippen LogP contribution in [0, 0.1) is 6.92 Å². The molecule has 0 radical (unpaired) electrons. The van der Waals surface area contributed by atoms with Crippen LogP contribution in [0.2, 0.25) is 0 Å². The van der Waals surface area contributed by atoms with Crippen LogP contribution in [0.1, 0.15) is 30.4 Å². The van der Waals surface area contributed by atoms with Crippen molar-refractivity contribution in [2.45, 2.75) is 37.6 Å². The van der Waals surface area contributed by atoms with Gasteiger partial charge in [0.1, 0.15) is 5.75 Å². The lowest BCUT2D eigenvalue weighted by atomic mass is 10.2. The van der Waals surface area contributed by atoms with Crippen LogP contribution in [-0.2, 0) is 16.6 Å². The van der Waals surface area contributed by atoms with E-state index in [2.05, 4.69) is 10.6 Å². The van der Waals surface area contributed by atoms with Gasteiger partial charge in [0.25, 0.3) is 0 Å². The predicted molar refractivity (Wildman–Crippen MR) is 120 cm³/mol. The van der Waals surface area contributed by atoms with E-state index in [1.807, 2.05) is 43.3 Å². The number of aryl methyl sites for hydroxylation is 1. The van der Waals surface area contributed by atoms with Crippen molar-refractivity contribution < 1.29 is 13.2 Å². The second kappa shape index (κ2) is 9.56. The molecule has 6 nitrogen and oxygen atoms in total. The van der Waals surface area contributed by atoms with E-state index < -0.39 is 10.0 Å². The van der Waals surface area contributed by atoms with E-state index in [4.69, 9.17) is 17.0 Å². The number of benzene rings is 2. The maximum absolute atomic E-state index is 13.0. The number of methoxy groups -OCH3 is 1. The number of nitrogens with one attached hydrogen (secondary N) is 2. The lowest BCUT2D eigenvalue weighted by Crippen LogP contribution is -2.36. The smallest absolute Gasteiger partial charge is 0.243 e. The molecule has 1 aliphatic rings. The maximum Gasteiger partial charge on any atom is 0.243 e. The molecule has 1 aliphatic heterocycles. The summed E-state index contributed by atoms with van der Waals surface area (Å²) in [6, 6.07) is 13.0. The van der Waals surface area contributed by atoms with Gasteiger partial charge in [-0.2, -0.15) is 4.31 Å². The van der Waals surface area contributed by atoms with Crippen LogP contribution < -0.4 is 15.4 Å². The standard InChI is InChI=1S/C21H27N3O3S2/c1-16-6-9-18(14-20(16)29(25,26)24-12-4-3-5-13-24)23-21(28)22-15-17-7-10-19(27-2)11-8-17/h6-11,14H,3-5,12-13,15H2,1-2H3,(H2,22,23,28). The van der Waals surface area contributed by atoms with Crippen LogP contribution in [0.3, 0.4) is 0 Å². The van der Waals surface area contributed by atoms with Crippen molar-refractivity contribution in [1.29, 1.82) is 0 Å². The van der Waals surface area contributed by atoms with Crippen molar-refractivity contribution in [3.8, 4) is 5.75 Å². The highest BCUT2D eigenvalue weighted by Gasteiger charge is 2.27. The maximum atomic E-state index is 13.0. The number of hydrogen-bond acceptors (Lipinski definition) is 4. The number of thiocarbonyl (C=S) groups is 1. The minimum atomic E-state index is -3.50. The summed E-state index contributed by atoms with van der Waals surface area (Å²) >= 11 is 5.37. The molecule has 0 spiro atoms. The van der Waals surface area contributed by atoms with Crippen LogP contribution >= 0.6 is 12.2 Å². The van der Waals surface area contributed by atoms with E-state index >= 15 is 0 Å². The molecule has 2 aromatic rings. The Morgan fingerprint density at radius 3 is 2.45 bits per heavy atom. The highest BCUT2D eigenvalue weighted by atomic mass is 32.2. The van der Waals surface area contributed by atoms with Crippen molar-refractivity contribution in [2.75, 3.05) is 25.5 Å². The van der Waals surface area contributed by atoms with Gasteiger partial charge in [-0.25, -0.2) is 8.42 Å². The Labute approximate surface area is 178 Å². The summed E-state index contributed by atoms with van der Waals surface area (Å²) < 4.78 is 32.8. The minimum Gasteiger partial charge on any atom is -0.497 e. The number of nitrogens with zero attached hydrogens (tertiary/aromatic N) is 1. The predicted octanol–water partition coefficient (Wildman–Crippen LogP) is 3.66. The Bertz CT molecular complexity index is 954. The summed E-state index contributed by atoms with van der Waals surface area (Å²) in [7, 11) is -1.86. The van der Waals surface area contributed by atoms with E-state index in [1.165, 1.54) is 0 Å². The molecule has 1 saturated heterocycles. The first-order valence-electron chi connectivity index (χ1n) is 9.69. The fourth-order valence-electron chi connectivity index (χ4n) is 3.30. The molecule has 0 atom stereocenters. The Morgan fingerprint density at radius 2 is 1.79 bits per heavy atom. The number of piperidine rings is 1. The number of sulfonamides is 1. The molecule has 0 bridgehead atoms. The van der Waals surface area contributed by atoms with Gasteiger partial charge in [0, 0.05) is 25.3 Å². The SMILES string of the molecule is COc1ccc(CNC(=S)Nc2ccc(C)c(S(=O)(=O)N3CCCCC3)c2)cc1. The molecule has 0 amide bonds. The summed E-state index contributed by atoms with van der Waals surface area (Å²) in [4.78, 5) is 0.336. The van der Waals surface area contributed by atoms with Gasteiger partial charge in [-0.1, -0.05) is 24.6 Å². The quantitative estimate of drug-likeness (QED) is 0.678. The Kier molecular flexibility index (Phi) is 7.10. The van der Waals surface area contributed by atoms with Crippen molar-refractivity contribution in [1.82, 2.24) is 9.62 Å². The third-order valence-electron chi connectivity index (χ3n) is 4.99. The third kappa shape index (κ3) is 5.46. The topological polar surface area (TPSA) is 70.7 Å². The van der Waals surface area contributed by atoms with E-state index in [-0.39, 0.29) is 0 Å². The van der Waals surface area contributed by atoms with Crippen LogP contribution in [-0.4, -0.2) is 38.0 Å². The molecule has 1 heterocycles. The first-order valence-corrected chi connectivity index (χ1v) is 11.5. The van der Waals surface area contributed by atoms with Gasteiger partial charge >= 0.3 is 0 Å². The van der Waals surface area contributed by atoms with Crippen molar-refractivity contribution in [3.63, 3.8) is 0 Å². The molecule has 1 fully saturated rings. The molecular formula is C21H27N3O3S2. The highest BCUT2D eigenvalue weighted by molar-refractivity contribution is 7.89. The zero-order chi connectivity index (χ0) is 20.9. The molecule has 8 heteroatoms. The van der Waals surface area contributed by atoms with E-state index in [0.717, 1.165) is 36.1 Å².